The second kappa shape index (κ2) is 12.3. The van der Waals surface area contributed by atoms with Gasteiger partial charge in [-0.15, -0.1) is 0 Å². The summed E-state index contributed by atoms with van der Waals surface area (Å²) in [6.07, 6.45) is 12.7. The van der Waals surface area contributed by atoms with Crippen molar-refractivity contribution < 1.29 is 0 Å². The summed E-state index contributed by atoms with van der Waals surface area (Å²) < 4.78 is 0. The number of nitrogens with zero attached hydrogens (tertiary/aromatic N) is 1. The molecule has 0 aliphatic heterocycles. The molecule has 1 heteroatoms. The predicted molar refractivity (Wildman–Crippen MR) is 123 cm³/mol. The third-order valence-electron chi connectivity index (χ3n) is 5.33. The van der Waals surface area contributed by atoms with Crippen molar-refractivity contribution in [3.63, 3.8) is 0 Å². The lowest BCUT2D eigenvalue weighted by atomic mass is 9.82. The third kappa shape index (κ3) is 7.95. The number of aliphatic imine (C=N–C) groups is 1. The first-order chi connectivity index (χ1) is 12.9. The third-order valence-corrected chi connectivity index (χ3v) is 5.33. The zero-order valence-electron chi connectivity index (χ0n) is 18.1. The van der Waals surface area contributed by atoms with Gasteiger partial charge in [-0.2, -0.15) is 0 Å². The van der Waals surface area contributed by atoms with E-state index in [-0.39, 0.29) is 6.04 Å². The van der Waals surface area contributed by atoms with Crippen LogP contribution in [0.5, 0.6) is 0 Å². The normalized spacial score (nSPS) is 16.7. The summed E-state index contributed by atoms with van der Waals surface area (Å²) in [6.45, 7) is 17.6. The van der Waals surface area contributed by atoms with E-state index >= 15 is 0 Å². The van der Waals surface area contributed by atoms with Gasteiger partial charge in [0.1, 0.15) is 0 Å². The summed E-state index contributed by atoms with van der Waals surface area (Å²) in [5.41, 5.74) is 5.13. The van der Waals surface area contributed by atoms with Gasteiger partial charge < -0.3 is 0 Å². The fourth-order valence-corrected chi connectivity index (χ4v) is 3.16. The number of allylic oxidation sites excluding steroid dienone is 6. The summed E-state index contributed by atoms with van der Waals surface area (Å²) >= 11 is 0. The summed E-state index contributed by atoms with van der Waals surface area (Å²) in [5, 5.41) is 0. The SMILES string of the molecule is C=C(C(C)C/C=C(C)/C(C)=C/C=C\C)C(CC)C(C)N=Cc1ccccc1. The van der Waals surface area contributed by atoms with Crippen LogP contribution in [0, 0.1) is 11.8 Å². The van der Waals surface area contributed by atoms with Crippen LogP contribution in [-0.4, -0.2) is 12.3 Å². The average molecular weight is 364 g/mol. The fraction of sp³-hybridized carbons (Fsp3) is 0.423. The van der Waals surface area contributed by atoms with Gasteiger partial charge in [0.15, 0.2) is 0 Å². The standard InChI is InChI=1S/C26H37N/c1-8-10-14-20(3)21(4)17-18-22(5)23(6)26(9-2)24(7)27-19-25-15-12-11-13-16-25/h8,10-17,19,22,24,26H,6,9,18H2,1-5,7H3/b10-8-,20-14+,21-17+,27-19?. The van der Waals surface area contributed by atoms with Crippen LogP contribution in [0.1, 0.15) is 59.9 Å². The van der Waals surface area contributed by atoms with Crippen molar-refractivity contribution in [1.29, 1.82) is 0 Å². The van der Waals surface area contributed by atoms with E-state index in [0.29, 0.717) is 11.8 Å². The first-order valence-corrected chi connectivity index (χ1v) is 10.1. The van der Waals surface area contributed by atoms with Gasteiger partial charge in [-0.05, 0) is 57.6 Å². The van der Waals surface area contributed by atoms with Crippen molar-refractivity contribution in [2.45, 2.75) is 60.4 Å². The van der Waals surface area contributed by atoms with Crippen LogP contribution in [0.4, 0.5) is 0 Å². The van der Waals surface area contributed by atoms with Crippen molar-refractivity contribution in [1.82, 2.24) is 0 Å². The van der Waals surface area contributed by atoms with Crippen LogP contribution in [0.2, 0.25) is 0 Å². The maximum atomic E-state index is 4.81. The minimum atomic E-state index is 0.242. The number of rotatable bonds is 10. The number of benzene rings is 1. The molecule has 3 unspecified atom stereocenters. The summed E-state index contributed by atoms with van der Waals surface area (Å²) in [5.74, 6) is 0.863. The lowest BCUT2D eigenvalue weighted by molar-refractivity contribution is 0.449. The molecule has 146 valence electrons. The Kier molecular flexibility index (Phi) is 10.4. The first kappa shape index (κ1) is 22.9. The molecule has 1 aromatic carbocycles. The van der Waals surface area contributed by atoms with E-state index in [4.69, 9.17) is 4.99 Å². The Balaban J connectivity index is 2.74. The fourth-order valence-electron chi connectivity index (χ4n) is 3.16. The molecule has 0 aliphatic rings. The molecule has 0 bridgehead atoms. The Hall–Kier alpha value is -2.15. The van der Waals surface area contributed by atoms with Crippen LogP contribution in [0.15, 0.2) is 82.9 Å². The number of hydrogen-bond donors (Lipinski definition) is 0. The van der Waals surface area contributed by atoms with Gasteiger partial charge in [-0.1, -0.05) is 86.2 Å². The Labute approximate surface area is 167 Å². The molecule has 3 atom stereocenters. The predicted octanol–water partition coefficient (Wildman–Crippen LogP) is 7.57. The van der Waals surface area contributed by atoms with Crippen molar-refractivity contribution in [3.8, 4) is 0 Å². The summed E-state index contributed by atoms with van der Waals surface area (Å²) in [7, 11) is 0. The highest BCUT2D eigenvalue weighted by Gasteiger charge is 2.21. The monoisotopic (exact) mass is 363 g/mol. The Morgan fingerprint density at radius 2 is 1.78 bits per heavy atom. The molecule has 0 saturated carbocycles. The van der Waals surface area contributed by atoms with Gasteiger partial charge in [0.25, 0.3) is 0 Å². The molecule has 27 heavy (non-hydrogen) atoms. The summed E-state index contributed by atoms with van der Waals surface area (Å²) in [6, 6.07) is 10.5. The van der Waals surface area contributed by atoms with E-state index < -0.39 is 0 Å². The lowest BCUT2D eigenvalue weighted by Gasteiger charge is -2.26. The van der Waals surface area contributed by atoms with Gasteiger partial charge >= 0.3 is 0 Å². The van der Waals surface area contributed by atoms with Gasteiger partial charge in [-0.25, -0.2) is 0 Å². The number of hydrogen-bond acceptors (Lipinski definition) is 1. The molecule has 1 nitrogen and oxygen atoms in total. The van der Waals surface area contributed by atoms with Crippen LogP contribution in [0.25, 0.3) is 0 Å². The Morgan fingerprint density at radius 3 is 2.37 bits per heavy atom. The molecule has 0 saturated heterocycles. The molecule has 1 rings (SSSR count). The van der Waals surface area contributed by atoms with E-state index in [2.05, 4.69) is 77.6 Å². The van der Waals surface area contributed by atoms with Crippen molar-refractivity contribution >= 4 is 6.21 Å². The largest absolute Gasteiger partial charge is 0.289 e. The first-order valence-electron chi connectivity index (χ1n) is 10.1. The lowest BCUT2D eigenvalue weighted by Crippen LogP contribution is -2.20. The van der Waals surface area contributed by atoms with E-state index in [0.717, 1.165) is 18.4 Å². The highest BCUT2D eigenvalue weighted by molar-refractivity contribution is 5.79. The topological polar surface area (TPSA) is 12.4 Å². The molecule has 0 aromatic heterocycles. The van der Waals surface area contributed by atoms with E-state index in [1.54, 1.807) is 0 Å². The van der Waals surface area contributed by atoms with Gasteiger partial charge in [-0.3, -0.25) is 4.99 Å². The molecule has 0 spiro atoms. The molecule has 0 aliphatic carbocycles. The van der Waals surface area contributed by atoms with Crippen molar-refractivity contribution in [2.75, 3.05) is 0 Å². The molecule has 0 N–H and O–H groups in total. The molecule has 1 aromatic rings. The quantitative estimate of drug-likeness (QED) is 0.231. The molecule has 0 radical (unpaired) electrons. The highest BCUT2D eigenvalue weighted by atomic mass is 14.8. The van der Waals surface area contributed by atoms with Crippen LogP contribution >= 0.6 is 0 Å². The maximum absolute atomic E-state index is 4.81. The van der Waals surface area contributed by atoms with E-state index in [1.807, 2.05) is 31.3 Å². The average Bonchev–Trinajstić information content (AvgIpc) is 2.69. The van der Waals surface area contributed by atoms with Crippen LogP contribution in [-0.2, 0) is 0 Å². The molecular weight excluding hydrogens is 326 g/mol. The molecule has 0 heterocycles. The van der Waals surface area contributed by atoms with Crippen LogP contribution in [0.3, 0.4) is 0 Å². The van der Waals surface area contributed by atoms with E-state index in [9.17, 15) is 0 Å². The van der Waals surface area contributed by atoms with Gasteiger partial charge in [0.05, 0.1) is 6.04 Å². The Bertz CT molecular complexity index is 688. The second-order valence-corrected chi connectivity index (χ2v) is 7.42. The second-order valence-electron chi connectivity index (χ2n) is 7.42. The maximum Gasteiger partial charge on any atom is 0.0536 e. The van der Waals surface area contributed by atoms with Crippen LogP contribution < -0.4 is 0 Å². The minimum absolute atomic E-state index is 0.242. The van der Waals surface area contributed by atoms with E-state index in [1.165, 1.54) is 16.7 Å². The Morgan fingerprint density at radius 1 is 1.11 bits per heavy atom. The molecule has 0 amide bonds. The zero-order valence-corrected chi connectivity index (χ0v) is 18.1. The minimum Gasteiger partial charge on any atom is -0.289 e. The van der Waals surface area contributed by atoms with Crippen molar-refractivity contribution in [2.24, 2.45) is 16.8 Å². The molecular formula is C26H37N. The smallest absolute Gasteiger partial charge is 0.0536 e. The highest BCUT2D eigenvalue weighted by Crippen LogP contribution is 2.29. The zero-order chi connectivity index (χ0) is 20.2. The van der Waals surface area contributed by atoms with Crippen molar-refractivity contribution in [3.05, 3.63) is 83.5 Å². The van der Waals surface area contributed by atoms with Gasteiger partial charge in [0, 0.05) is 12.1 Å². The molecule has 0 fully saturated rings. The summed E-state index contributed by atoms with van der Waals surface area (Å²) in [4.78, 5) is 4.81. The van der Waals surface area contributed by atoms with Gasteiger partial charge in [0.2, 0.25) is 0 Å².